The third-order valence-corrected chi connectivity index (χ3v) is 7.07. The summed E-state index contributed by atoms with van der Waals surface area (Å²) in [5.41, 5.74) is -3.82. The number of aliphatic hydroxyl groups excluding tert-OH is 1. The van der Waals surface area contributed by atoms with E-state index in [0.717, 1.165) is 18.2 Å². The van der Waals surface area contributed by atoms with Crippen LogP contribution in [0.1, 0.15) is 13.8 Å². The van der Waals surface area contributed by atoms with E-state index in [9.17, 15) is 53.4 Å². The van der Waals surface area contributed by atoms with Gasteiger partial charge in [0.1, 0.15) is 5.75 Å². The minimum Gasteiger partial charge on any atom is -0.483 e. The van der Waals surface area contributed by atoms with Crippen molar-refractivity contribution in [3.63, 3.8) is 0 Å². The topological polar surface area (TPSA) is 105 Å². The number of aliphatic hydroxyl groups is 1. The van der Waals surface area contributed by atoms with E-state index in [2.05, 4.69) is 4.74 Å². The molecule has 3 rings (SSSR count). The Hall–Kier alpha value is -3.34. The van der Waals surface area contributed by atoms with E-state index in [0.29, 0.717) is 26.0 Å². The number of alkyl halides is 6. The number of nitrogens with zero attached hydrogens (tertiary/aromatic N) is 1. The van der Waals surface area contributed by atoms with Crippen molar-refractivity contribution < 1.29 is 62.9 Å². The fraction of sp³-hybridized carbons (Fsp3) is 0.381. The number of sulfonamides is 1. The number of carbonyl (C=O) groups excluding carboxylic acids is 1. The van der Waals surface area contributed by atoms with Gasteiger partial charge < -0.3 is 14.6 Å². The molecule has 1 amide bonds. The molecular formula is C21H18F8N2O6S. The van der Waals surface area contributed by atoms with Crippen molar-refractivity contribution in [1.82, 2.24) is 0 Å². The number of benzene rings is 2. The van der Waals surface area contributed by atoms with Crippen LogP contribution in [0.25, 0.3) is 0 Å². The molecule has 0 bridgehead atoms. The molecule has 0 aliphatic carbocycles. The number of hydrogen-bond acceptors (Lipinski definition) is 6. The van der Waals surface area contributed by atoms with Gasteiger partial charge in [-0.1, -0.05) is 0 Å². The van der Waals surface area contributed by atoms with Gasteiger partial charge in [-0.15, -0.1) is 0 Å². The summed E-state index contributed by atoms with van der Waals surface area (Å²) in [7, 11) is -4.94. The maximum absolute atomic E-state index is 13.7. The Bertz CT molecular complexity index is 1330. The highest BCUT2D eigenvalue weighted by Gasteiger charge is 2.51. The number of rotatable bonds is 5. The van der Waals surface area contributed by atoms with Gasteiger partial charge in [-0.25, -0.2) is 22.0 Å². The molecule has 2 N–H and O–H groups in total. The fourth-order valence-corrected chi connectivity index (χ4v) is 4.64. The zero-order valence-electron chi connectivity index (χ0n) is 19.2. The molecule has 0 fully saturated rings. The second kappa shape index (κ2) is 9.76. The lowest BCUT2D eigenvalue weighted by Gasteiger charge is -2.37. The summed E-state index contributed by atoms with van der Waals surface area (Å²) in [6.45, 7) is -0.0466. The number of hydrogen-bond donors (Lipinski definition) is 2. The van der Waals surface area contributed by atoms with Crippen LogP contribution in [0.5, 0.6) is 5.75 Å². The molecule has 2 aromatic rings. The molecule has 0 aromatic heterocycles. The van der Waals surface area contributed by atoms with Crippen LogP contribution in [0.15, 0.2) is 41.3 Å². The smallest absolute Gasteiger partial charge is 0.427 e. The van der Waals surface area contributed by atoms with Gasteiger partial charge >= 0.3 is 18.4 Å². The van der Waals surface area contributed by atoms with Crippen LogP contribution >= 0.6 is 0 Å². The van der Waals surface area contributed by atoms with Crippen LogP contribution < -0.4 is 14.4 Å². The monoisotopic (exact) mass is 578 g/mol. The molecule has 2 atom stereocenters. The van der Waals surface area contributed by atoms with Crippen LogP contribution in [-0.4, -0.2) is 56.3 Å². The average Bonchev–Trinajstić information content (AvgIpc) is 2.77. The summed E-state index contributed by atoms with van der Waals surface area (Å²) >= 11 is 0. The number of halogens is 8. The molecular weight excluding hydrogens is 560 g/mol. The van der Waals surface area contributed by atoms with Gasteiger partial charge in [0, 0.05) is 5.69 Å². The molecule has 0 unspecified atom stereocenters. The van der Waals surface area contributed by atoms with Crippen LogP contribution in [0.4, 0.5) is 51.3 Å². The van der Waals surface area contributed by atoms with E-state index in [1.165, 1.54) is 0 Å². The van der Waals surface area contributed by atoms with Crippen molar-refractivity contribution in [1.29, 1.82) is 0 Å². The van der Waals surface area contributed by atoms with E-state index in [4.69, 9.17) is 4.74 Å². The lowest BCUT2D eigenvalue weighted by Crippen LogP contribution is -2.53. The number of ether oxygens (including phenoxy) is 2. The van der Waals surface area contributed by atoms with Gasteiger partial charge in [-0.3, -0.25) is 9.62 Å². The third kappa shape index (κ3) is 5.87. The summed E-state index contributed by atoms with van der Waals surface area (Å²) in [6, 6.07) is 4.02. The van der Waals surface area contributed by atoms with E-state index < -0.39 is 80.8 Å². The van der Waals surface area contributed by atoms with Crippen LogP contribution in [0, 0.1) is 11.6 Å². The molecule has 38 heavy (non-hydrogen) atoms. The van der Waals surface area contributed by atoms with Gasteiger partial charge in [0.2, 0.25) is 5.60 Å². The van der Waals surface area contributed by atoms with Gasteiger partial charge in [0.15, 0.2) is 23.8 Å². The lowest BCUT2D eigenvalue weighted by molar-refractivity contribution is -0.242. The Morgan fingerprint density at radius 2 is 1.71 bits per heavy atom. The first-order chi connectivity index (χ1) is 17.2. The summed E-state index contributed by atoms with van der Waals surface area (Å²) in [4.78, 5) is 11.2. The highest BCUT2D eigenvalue weighted by atomic mass is 32.2. The van der Waals surface area contributed by atoms with Crippen molar-refractivity contribution in [2.45, 2.75) is 48.9 Å². The van der Waals surface area contributed by atoms with Gasteiger partial charge in [-0.05, 0) is 50.2 Å². The zero-order chi connectivity index (χ0) is 28.8. The fourth-order valence-electron chi connectivity index (χ4n) is 3.15. The SMILES string of the molecule is CC(C)(OC(=O)Nc1ccc2c(c1)N(S(=O)(=O)c1ccc(F)c(F)c1)C[C@H]([C@@H](O)C(F)(F)F)O2)C(F)(F)F. The number of fused-ring (bicyclic) bond motifs is 1. The molecule has 8 nitrogen and oxygen atoms in total. The molecule has 0 radical (unpaired) electrons. The summed E-state index contributed by atoms with van der Waals surface area (Å²) in [5.74, 6) is -3.55. The van der Waals surface area contributed by atoms with Crippen molar-refractivity contribution in [3.8, 4) is 5.75 Å². The van der Waals surface area contributed by atoms with E-state index in [1.807, 2.05) is 5.32 Å². The number of nitrogens with one attached hydrogen (secondary N) is 1. The Balaban J connectivity index is 2.03. The molecule has 2 aromatic carbocycles. The Morgan fingerprint density at radius 1 is 1.08 bits per heavy atom. The zero-order valence-corrected chi connectivity index (χ0v) is 20.0. The van der Waals surface area contributed by atoms with E-state index >= 15 is 0 Å². The molecule has 1 aliphatic heterocycles. The van der Waals surface area contributed by atoms with Crippen LogP contribution in [0.3, 0.4) is 0 Å². The summed E-state index contributed by atoms with van der Waals surface area (Å²) in [5, 5.41) is 11.6. The van der Waals surface area contributed by atoms with Crippen molar-refractivity contribution in [3.05, 3.63) is 48.0 Å². The van der Waals surface area contributed by atoms with Crippen LogP contribution in [0.2, 0.25) is 0 Å². The predicted octanol–water partition coefficient (Wildman–Crippen LogP) is 4.73. The maximum atomic E-state index is 13.7. The first-order valence-corrected chi connectivity index (χ1v) is 11.8. The molecule has 1 aliphatic rings. The minimum atomic E-state index is -5.24. The molecule has 0 spiro atoms. The van der Waals surface area contributed by atoms with E-state index in [1.54, 1.807) is 0 Å². The second-order valence-electron chi connectivity index (χ2n) is 8.46. The van der Waals surface area contributed by atoms with Crippen LogP contribution in [-0.2, 0) is 14.8 Å². The molecule has 1 heterocycles. The van der Waals surface area contributed by atoms with E-state index in [-0.39, 0.29) is 16.1 Å². The normalized spacial score (nSPS) is 17.3. The number of amides is 1. The average molecular weight is 578 g/mol. The van der Waals surface area contributed by atoms with Crippen molar-refractivity contribution in [2.24, 2.45) is 0 Å². The number of carbonyl (C=O) groups is 1. The quantitative estimate of drug-likeness (QED) is 0.497. The minimum absolute atomic E-state index is 0.272. The Kier molecular flexibility index (Phi) is 7.50. The predicted molar refractivity (Wildman–Crippen MR) is 114 cm³/mol. The van der Waals surface area contributed by atoms with Gasteiger partial charge in [0.05, 0.1) is 17.1 Å². The molecule has 210 valence electrons. The number of anilines is 2. The van der Waals surface area contributed by atoms with Gasteiger partial charge in [0.25, 0.3) is 10.0 Å². The van der Waals surface area contributed by atoms with Crippen molar-refractivity contribution >= 4 is 27.5 Å². The molecule has 0 saturated carbocycles. The largest absolute Gasteiger partial charge is 0.483 e. The van der Waals surface area contributed by atoms with Crippen molar-refractivity contribution in [2.75, 3.05) is 16.2 Å². The first kappa shape index (κ1) is 29.2. The highest BCUT2D eigenvalue weighted by molar-refractivity contribution is 7.92. The summed E-state index contributed by atoms with van der Waals surface area (Å²) < 4.78 is 142. The van der Waals surface area contributed by atoms with Gasteiger partial charge in [-0.2, -0.15) is 26.3 Å². The molecule has 17 heteroatoms. The first-order valence-electron chi connectivity index (χ1n) is 10.3. The Labute approximate surface area is 209 Å². The molecule has 0 saturated heterocycles. The second-order valence-corrected chi connectivity index (χ2v) is 10.3. The standard InChI is InChI=1S/C21H18F8N2O6S/c1-19(2,21(27,28)29)37-18(33)30-10-3-6-15-14(7-10)31(9-16(36-15)17(32)20(24,25)26)38(34,35)11-4-5-12(22)13(23)8-11/h3-8,16-17,32H,9H2,1-2H3,(H,30,33)/t16-,17-/m1/s1. The maximum Gasteiger partial charge on any atom is 0.427 e. The lowest BCUT2D eigenvalue weighted by atomic mass is 10.1. The highest BCUT2D eigenvalue weighted by Crippen LogP contribution is 2.41. The Morgan fingerprint density at radius 3 is 2.26 bits per heavy atom. The summed E-state index contributed by atoms with van der Waals surface area (Å²) in [6.07, 6.45) is -17.2. The third-order valence-electron chi connectivity index (χ3n) is 5.30.